The molecule has 2 aromatic heterocycles. The molecule has 6 atom stereocenters. The Hall–Kier alpha value is -6.85. The zero-order chi connectivity index (χ0) is 57.7. The largest absolute Gasteiger partial charge is 0.391 e. The third kappa shape index (κ3) is 11.3. The summed E-state index contributed by atoms with van der Waals surface area (Å²) in [6.45, 7) is 20.0. The lowest BCUT2D eigenvalue weighted by Gasteiger charge is -2.44. The van der Waals surface area contributed by atoms with E-state index < -0.39 is 70.3 Å². The molecular weight excluding hydrogens is 1050 g/mol. The molecule has 1 saturated carbocycles. The predicted octanol–water partition coefficient (Wildman–Crippen LogP) is 7.55. The summed E-state index contributed by atoms with van der Waals surface area (Å²) in [4.78, 5) is 101. The Morgan fingerprint density at radius 2 is 1.27 bits per heavy atom. The van der Waals surface area contributed by atoms with Crippen LogP contribution in [0.25, 0.3) is 31.5 Å². The maximum Gasteiger partial charge on any atom is 0.255 e. The minimum Gasteiger partial charge on any atom is -0.391 e. The molecule has 17 nitrogen and oxygen atoms in total. The second kappa shape index (κ2) is 22.6. The Morgan fingerprint density at radius 3 is 1.77 bits per heavy atom. The summed E-state index contributed by atoms with van der Waals surface area (Å²) in [6.07, 6.45) is -0.861. The monoisotopic (exact) mass is 1120 g/mol. The standard InChI is InChI=1S/C61H73N9O8S2/c1-33(2)59(7,8)50(67-58(78)61(31-62)21-22-61)56(76)68-29-43(71)24-46(68)52(73)63-27-38-13-17-40(18-14-38)49-36(6)66-54(80-49)41-19-20-45-42(23-41)28-70(55(45)75)51(60(9,10)34(3)4)57(77)69-30-44(72)25-47(69)53(74)64-26-37-11-15-39(16-12-37)48-35(5)65-32-79-48/h11-20,23,32-34,43-44,46-47,50-51,71-72H,21-22,24-30H2,1-10H3,(H,63,73)(H,64,74)(H,67,78)/t43-,44-,46?,47?,50-,51-/m1/s1. The van der Waals surface area contributed by atoms with E-state index in [1.165, 1.54) is 21.1 Å². The van der Waals surface area contributed by atoms with E-state index in [0.29, 0.717) is 18.4 Å². The number of carbonyl (C=O) groups is 6. The molecule has 3 aliphatic heterocycles. The van der Waals surface area contributed by atoms with Gasteiger partial charge < -0.3 is 40.9 Å². The molecule has 422 valence electrons. The molecule has 2 unspecified atom stereocenters. The molecule has 2 saturated heterocycles. The van der Waals surface area contributed by atoms with Gasteiger partial charge in [-0.1, -0.05) is 110 Å². The number of nitrogens with one attached hydrogen (secondary N) is 3. The van der Waals surface area contributed by atoms with Gasteiger partial charge in [-0.3, -0.25) is 28.8 Å². The number of amides is 6. The first kappa shape index (κ1) is 57.8. The number of β-amino-alcohol motifs (C(OH)–C–C–N with tert-alkyl or cyclic N) is 2. The number of benzene rings is 3. The molecule has 5 heterocycles. The van der Waals surface area contributed by atoms with Gasteiger partial charge in [0.1, 0.15) is 34.6 Å². The zero-order valence-electron chi connectivity index (χ0n) is 47.3. The fraction of sp³-hybridized carbons (Fsp3) is 0.492. The van der Waals surface area contributed by atoms with Crippen LogP contribution >= 0.6 is 22.7 Å². The number of aliphatic hydroxyl groups excluding tert-OH is 2. The Balaban J connectivity index is 0.853. The van der Waals surface area contributed by atoms with Crippen molar-refractivity contribution in [3.8, 4) is 37.5 Å². The Bertz CT molecular complexity index is 3250. The van der Waals surface area contributed by atoms with Crippen LogP contribution in [0.4, 0.5) is 0 Å². The lowest BCUT2D eigenvalue weighted by Crippen LogP contribution is -2.60. The minimum absolute atomic E-state index is 0.0300. The maximum absolute atomic E-state index is 15.0. The van der Waals surface area contributed by atoms with Crippen molar-refractivity contribution in [2.75, 3.05) is 13.1 Å². The first-order valence-corrected chi connectivity index (χ1v) is 29.3. The summed E-state index contributed by atoms with van der Waals surface area (Å²) >= 11 is 3.08. The van der Waals surface area contributed by atoms with E-state index in [2.05, 4.69) is 27.0 Å². The summed E-state index contributed by atoms with van der Waals surface area (Å²) in [5, 5.41) is 41.0. The maximum atomic E-state index is 15.0. The minimum atomic E-state index is -1.14. The molecule has 0 radical (unpaired) electrons. The predicted molar refractivity (Wildman–Crippen MR) is 306 cm³/mol. The van der Waals surface area contributed by atoms with Crippen molar-refractivity contribution in [3.05, 3.63) is 106 Å². The van der Waals surface area contributed by atoms with Gasteiger partial charge in [0.2, 0.25) is 29.5 Å². The molecule has 0 bridgehead atoms. The fourth-order valence-corrected chi connectivity index (χ4v) is 12.9. The quantitative estimate of drug-likeness (QED) is 0.0574. The van der Waals surface area contributed by atoms with Crippen molar-refractivity contribution in [1.82, 2.24) is 40.6 Å². The average molecular weight is 1120 g/mol. The van der Waals surface area contributed by atoms with Crippen LogP contribution in [-0.4, -0.2) is 120 Å². The van der Waals surface area contributed by atoms with Gasteiger partial charge in [0.15, 0.2) is 0 Å². The highest BCUT2D eigenvalue weighted by Crippen LogP contribution is 2.46. The van der Waals surface area contributed by atoms with E-state index in [1.54, 1.807) is 22.3 Å². The number of rotatable bonds is 18. The van der Waals surface area contributed by atoms with Crippen LogP contribution in [0.1, 0.15) is 120 Å². The Labute approximate surface area is 476 Å². The summed E-state index contributed by atoms with van der Waals surface area (Å²) < 4.78 is 0. The van der Waals surface area contributed by atoms with Crippen LogP contribution in [0.3, 0.4) is 0 Å². The molecule has 3 fully saturated rings. The number of aromatic nitrogens is 2. The van der Waals surface area contributed by atoms with Crippen molar-refractivity contribution in [1.29, 1.82) is 5.26 Å². The van der Waals surface area contributed by atoms with Crippen LogP contribution in [-0.2, 0) is 43.6 Å². The smallest absolute Gasteiger partial charge is 0.255 e. The molecule has 6 amide bonds. The molecule has 5 aromatic rings. The molecular formula is C61H73N9O8S2. The number of aryl methyl sites for hydroxylation is 2. The van der Waals surface area contributed by atoms with Gasteiger partial charge in [-0.25, -0.2) is 9.97 Å². The van der Waals surface area contributed by atoms with Crippen LogP contribution < -0.4 is 16.0 Å². The Kier molecular flexibility index (Phi) is 16.3. The number of nitriles is 1. The summed E-state index contributed by atoms with van der Waals surface area (Å²) in [5.74, 6) is -2.50. The Morgan fingerprint density at radius 1 is 0.750 bits per heavy atom. The van der Waals surface area contributed by atoms with E-state index in [1.807, 2.05) is 135 Å². The number of fused-ring (bicyclic) bond motifs is 1. The molecule has 1 aliphatic carbocycles. The van der Waals surface area contributed by atoms with E-state index in [4.69, 9.17) is 4.98 Å². The summed E-state index contributed by atoms with van der Waals surface area (Å²) in [6, 6.07) is 19.5. The normalized spacial score (nSPS) is 20.4. The first-order valence-electron chi connectivity index (χ1n) is 27.6. The molecule has 19 heteroatoms. The van der Waals surface area contributed by atoms with E-state index in [-0.39, 0.29) is 75.1 Å². The summed E-state index contributed by atoms with van der Waals surface area (Å²) in [5.41, 5.74) is 6.67. The van der Waals surface area contributed by atoms with Crippen LogP contribution in [0.15, 0.2) is 72.2 Å². The highest BCUT2D eigenvalue weighted by atomic mass is 32.1. The van der Waals surface area contributed by atoms with Crippen LogP contribution in [0.5, 0.6) is 0 Å². The van der Waals surface area contributed by atoms with E-state index in [0.717, 1.165) is 59.5 Å². The molecule has 80 heavy (non-hydrogen) atoms. The molecule has 3 aromatic carbocycles. The number of nitrogens with zero attached hydrogens (tertiary/aromatic N) is 6. The van der Waals surface area contributed by atoms with Gasteiger partial charge in [-0.15, -0.1) is 22.7 Å². The molecule has 4 aliphatic rings. The van der Waals surface area contributed by atoms with Gasteiger partial charge in [-0.2, -0.15) is 5.26 Å². The van der Waals surface area contributed by atoms with Gasteiger partial charge in [-0.05, 0) is 89.3 Å². The number of hydrogen-bond acceptors (Lipinski definition) is 13. The highest BCUT2D eigenvalue weighted by molar-refractivity contribution is 7.18. The van der Waals surface area contributed by atoms with Crippen LogP contribution in [0, 0.1) is 53.3 Å². The van der Waals surface area contributed by atoms with Crippen molar-refractivity contribution in [2.45, 2.75) is 151 Å². The van der Waals surface area contributed by atoms with Crippen molar-refractivity contribution >= 4 is 58.1 Å². The van der Waals surface area contributed by atoms with E-state index in [9.17, 15) is 39.4 Å². The third-order valence-corrected chi connectivity index (χ3v) is 19.9. The topological polar surface area (TPSA) is 238 Å². The highest BCUT2D eigenvalue weighted by Gasteiger charge is 2.55. The number of aliphatic hydroxyl groups is 2. The number of likely N-dealkylation sites (tertiary alicyclic amines) is 2. The fourth-order valence-electron chi connectivity index (χ4n) is 11.0. The molecule has 9 rings (SSSR count). The lowest BCUT2D eigenvalue weighted by atomic mass is 9.73. The second-order valence-electron chi connectivity index (χ2n) is 24.1. The van der Waals surface area contributed by atoms with E-state index >= 15 is 4.79 Å². The third-order valence-electron chi connectivity index (χ3n) is 17.7. The van der Waals surface area contributed by atoms with Crippen LogP contribution in [0.2, 0.25) is 0 Å². The number of hydrogen-bond donors (Lipinski definition) is 5. The van der Waals surface area contributed by atoms with Crippen molar-refractivity contribution in [2.24, 2.45) is 28.1 Å². The molecule has 0 spiro atoms. The number of carbonyl (C=O) groups excluding carboxylic acids is 6. The van der Waals surface area contributed by atoms with Crippen molar-refractivity contribution < 1.29 is 39.0 Å². The average Bonchev–Trinajstić information content (AvgIpc) is 3.87. The van der Waals surface area contributed by atoms with Gasteiger partial charge in [0, 0.05) is 56.7 Å². The molecule has 5 N–H and O–H groups in total. The first-order chi connectivity index (χ1) is 37.8. The SMILES string of the molecule is Cc1ncsc1-c1ccc(CNC(=O)C2C[C@@H](O)CN2C(=O)[C@@H](N2Cc3cc(-c4nc(C)c(-c5ccc(CNC(=O)C6C[C@@H](O)CN6C(=O)[C@@H](NC(=O)C6(C#N)CC6)C(C)(C)C(C)C)cc5)s4)ccc3C2=O)C(C)(C)C(C)C)cc1. The lowest BCUT2D eigenvalue weighted by molar-refractivity contribution is -0.146. The van der Waals surface area contributed by atoms with Gasteiger partial charge >= 0.3 is 0 Å². The van der Waals surface area contributed by atoms with Gasteiger partial charge in [0.05, 0.1) is 44.9 Å². The second-order valence-corrected chi connectivity index (χ2v) is 25.9. The van der Waals surface area contributed by atoms with Crippen molar-refractivity contribution in [3.63, 3.8) is 0 Å². The number of thiazole rings is 2. The van der Waals surface area contributed by atoms with Gasteiger partial charge in [0.25, 0.3) is 5.91 Å². The zero-order valence-corrected chi connectivity index (χ0v) is 48.9. The summed E-state index contributed by atoms with van der Waals surface area (Å²) in [7, 11) is 0.